The normalized spacial score (nSPS) is 21.2. The smallest absolute Gasteiger partial charge is 0.308 e. The first-order valence-electron chi connectivity index (χ1n) is 7.47. The van der Waals surface area contributed by atoms with Gasteiger partial charge in [0.1, 0.15) is 0 Å². The number of carbonyl (C=O) groups is 1. The largest absolute Gasteiger partial charge is 0.481 e. The molecule has 0 radical (unpaired) electrons. The SMILES string of the molecule is Cc1cn2nc(N3C[C@H](c4ccccc4)[C@H](C(=O)O)C3)sc2n1. The Morgan fingerprint density at radius 2 is 2.09 bits per heavy atom. The standard InChI is InChI=1S/C16H16N4O2S/c1-10-7-20-15(17-10)23-16(18-20)19-8-12(13(9-19)14(21)22)11-5-3-2-4-6-11/h2-7,12-13H,8-9H2,1H3,(H,21,22)/t12-,13-/m1/s1. The molecule has 1 aliphatic rings. The zero-order valence-corrected chi connectivity index (χ0v) is 13.4. The quantitative estimate of drug-likeness (QED) is 0.799. The molecule has 0 saturated carbocycles. The van der Waals surface area contributed by atoms with Gasteiger partial charge in [-0.3, -0.25) is 4.79 Å². The molecule has 3 aromatic rings. The van der Waals surface area contributed by atoms with E-state index in [4.69, 9.17) is 0 Å². The minimum absolute atomic E-state index is 0.0216. The van der Waals surface area contributed by atoms with E-state index in [1.165, 1.54) is 11.3 Å². The van der Waals surface area contributed by atoms with Crippen molar-refractivity contribution in [3.05, 3.63) is 47.8 Å². The third-order valence-corrected chi connectivity index (χ3v) is 5.27. The van der Waals surface area contributed by atoms with Crippen LogP contribution in [0.25, 0.3) is 4.96 Å². The Morgan fingerprint density at radius 1 is 1.30 bits per heavy atom. The van der Waals surface area contributed by atoms with Crippen LogP contribution in [0.1, 0.15) is 17.2 Å². The van der Waals surface area contributed by atoms with Crippen molar-refractivity contribution in [2.45, 2.75) is 12.8 Å². The number of anilines is 1. The van der Waals surface area contributed by atoms with Crippen LogP contribution in [0.3, 0.4) is 0 Å². The molecule has 23 heavy (non-hydrogen) atoms. The molecule has 118 valence electrons. The van der Waals surface area contributed by atoms with Crippen molar-refractivity contribution < 1.29 is 9.90 Å². The fraction of sp³-hybridized carbons (Fsp3) is 0.312. The van der Waals surface area contributed by atoms with Crippen LogP contribution in [0.4, 0.5) is 5.13 Å². The van der Waals surface area contributed by atoms with Crippen LogP contribution in [0.5, 0.6) is 0 Å². The summed E-state index contributed by atoms with van der Waals surface area (Å²) in [7, 11) is 0. The maximum absolute atomic E-state index is 11.7. The van der Waals surface area contributed by atoms with E-state index in [2.05, 4.69) is 15.0 Å². The summed E-state index contributed by atoms with van der Waals surface area (Å²) < 4.78 is 1.76. The molecule has 2 atom stereocenters. The number of hydrogen-bond donors (Lipinski definition) is 1. The predicted octanol–water partition coefficient (Wildman–Crippen LogP) is 2.40. The van der Waals surface area contributed by atoms with Gasteiger partial charge in [0.15, 0.2) is 0 Å². The molecular formula is C16H16N4O2S. The molecule has 6 nitrogen and oxygen atoms in total. The highest BCUT2D eigenvalue weighted by atomic mass is 32.1. The molecule has 0 aliphatic carbocycles. The minimum atomic E-state index is -0.751. The lowest BCUT2D eigenvalue weighted by molar-refractivity contribution is -0.141. The molecule has 1 fully saturated rings. The monoisotopic (exact) mass is 328 g/mol. The van der Waals surface area contributed by atoms with Gasteiger partial charge < -0.3 is 10.0 Å². The van der Waals surface area contributed by atoms with Gasteiger partial charge in [0.2, 0.25) is 10.1 Å². The molecule has 4 rings (SSSR count). The van der Waals surface area contributed by atoms with Crippen LogP contribution >= 0.6 is 11.3 Å². The highest BCUT2D eigenvalue weighted by molar-refractivity contribution is 7.20. The van der Waals surface area contributed by atoms with Crippen LogP contribution in [-0.4, -0.2) is 38.8 Å². The number of hydrogen-bond acceptors (Lipinski definition) is 5. The average molecular weight is 328 g/mol. The van der Waals surface area contributed by atoms with E-state index in [1.54, 1.807) is 4.52 Å². The van der Waals surface area contributed by atoms with Crippen LogP contribution in [-0.2, 0) is 4.79 Å². The Bertz CT molecular complexity index is 826. The summed E-state index contributed by atoms with van der Waals surface area (Å²) in [6.45, 7) is 3.07. The Morgan fingerprint density at radius 3 is 2.78 bits per heavy atom. The number of nitrogens with zero attached hydrogens (tertiary/aromatic N) is 4. The maximum atomic E-state index is 11.7. The molecule has 2 aromatic heterocycles. The second kappa shape index (κ2) is 5.34. The Labute approximate surface area is 137 Å². The lowest BCUT2D eigenvalue weighted by Crippen LogP contribution is -2.23. The van der Waals surface area contributed by atoms with E-state index in [1.807, 2.05) is 43.5 Å². The van der Waals surface area contributed by atoms with Crippen molar-refractivity contribution in [2.24, 2.45) is 5.92 Å². The lowest BCUT2D eigenvalue weighted by Gasteiger charge is -2.14. The molecule has 1 N–H and O–H groups in total. The fourth-order valence-electron chi connectivity index (χ4n) is 3.17. The molecular weight excluding hydrogens is 312 g/mol. The van der Waals surface area contributed by atoms with E-state index in [0.29, 0.717) is 13.1 Å². The number of carboxylic acid groups (broad SMARTS) is 1. The first kappa shape index (κ1) is 14.2. The Balaban J connectivity index is 1.65. The van der Waals surface area contributed by atoms with E-state index in [9.17, 15) is 9.90 Å². The number of carboxylic acids is 1. The molecule has 0 bridgehead atoms. The van der Waals surface area contributed by atoms with Gasteiger partial charge in [-0.15, -0.1) is 5.10 Å². The summed E-state index contributed by atoms with van der Waals surface area (Å²) in [5, 5.41) is 15.0. The average Bonchev–Trinajstić information content (AvgIpc) is 3.19. The van der Waals surface area contributed by atoms with Crippen molar-refractivity contribution in [3.8, 4) is 0 Å². The second-order valence-electron chi connectivity index (χ2n) is 5.86. The fourth-order valence-corrected chi connectivity index (χ4v) is 4.12. The zero-order chi connectivity index (χ0) is 16.0. The van der Waals surface area contributed by atoms with Gasteiger partial charge in [-0.05, 0) is 12.5 Å². The van der Waals surface area contributed by atoms with E-state index in [-0.39, 0.29) is 5.92 Å². The highest BCUT2D eigenvalue weighted by Gasteiger charge is 2.39. The highest BCUT2D eigenvalue weighted by Crippen LogP contribution is 2.37. The van der Waals surface area contributed by atoms with Gasteiger partial charge in [-0.25, -0.2) is 9.50 Å². The Kier molecular flexibility index (Phi) is 3.30. The van der Waals surface area contributed by atoms with Crippen molar-refractivity contribution in [2.75, 3.05) is 18.0 Å². The number of aliphatic carboxylic acids is 1. The van der Waals surface area contributed by atoms with Gasteiger partial charge in [0, 0.05) is 19.0 Å². The number of aryl methyl sites for hydroxylation is 1. The molecule has 1 saturated heterocycles. The summed E-state index contributed by atoms with van der Waals surface area (Å²) in [4.78, 5) is 19.0. The summed E-state index contributed by atoms with van der Waals surface area (Å²) in [6.07, 6.45) is 1.88. The molecule has 1 aliphatic heterocycles. The van der Waals surface area contributed by atoms with Crippen molar-refractivity contribution >= 4 is 27.4 Å². The Hall–Kier alpha value is -2.41. The number of fused-ring (bicyclic) bond motifs is 1. The van der Waals surface area contributed by atoms with Crippen LogP contribution in [0.2, 0.25) is 0 Å². The van der Waals surface area contributed by atoms with Crippen molar-refractivity contribution in [3.63, 3.8) is 0 Å². The zero-order valence-electron chi connectivity index (χ0n) is 12.6. The van der Waals surface area contributed by atoms with Crippen LogP contribution < -0.4 is 4.90 Å². The second-order valence-corrected chi connectivity index (χ2v) is 6.80. The minimum Gasteiger partial charge on any atom is -0.481 e. The molecule has 3 heterocycles. The number of aromatic nitrogens is 3. The summed E-state index contributed by atoms with van der Waals surface area (Å²) >= 11 is 1.50. The van der Waals surface area contributed by atoms with Crippen LogP contribution in [0.15, 0.2) is 36.5 Å². The topological polar surface area (TPSA) is 70.7 Å². The summed E-state index contributed by atoms with van der Waals surface area (Å²) in [5.41, 5.74) is 2.00. The summed E-state index contributed by atoms with van der Waals surface area (Å²) in [6, 6.07) is 9.86. The van der Waals surface area contributed by atoms with Gasteiger partial charge in [-0.2, -0.15) is 0 Å². The lowest BCUT2D eigenvalue weighted by atomic mass is 9.89. The number of imidazole rings is 1. The van der Waals surface area contributed by atoms with Crippen LogP contribution in [0, 0.1) is 12.8 Å². The molecule has 0 spiro atoms. The first-order valence-corrected chi connectivity index (χ1v) is 8.29. The third kappa shape index (κ3) is 2.46. The van der Waals surface area contributed by atoms with Gasteiger partial charge in [0.25, 0.3) is 0 Å². The van der Waals surface area contributed by atoms with Crippen molar-refractivity contribution in [1.82, 2.24) is 14.6 Å². The molecule has 0 amide bonds. The third-order valence-electron chi connectivity index (χ3n) is 4.29. The van der Waals surface area contributed by atoms with Crippen molar-refractivity contribution in [1.29, 1.82) is 0 Å². The predicted molar refractivity (Wildman–Crippen MR) is 88.1 cm³/mol. The van der Waals surface area contributed by atoms with Gasteiger partial charge in [0.05, 0.1) is 17.8 Å². The molecule has 7 heteroatoms. The van der Waals surface area contributed by atoms with Gasteiger partial charge >= 0.3 is 5.97 Å². The molecule has 0 unspecified atom stereocenters. The van der Waals surface area contributed by atoms with E-state index in [0.717, 1.165) is 21.3 Å². The van der Waals surface area contributed by atoms with Gasteiger partial charge in [-0.1, -0.05) is 41.7 Å². The first-order chi connectivity index (χ1) is 11.1. The maximum Gasteiger partial charge on any atom is 0.308 e. The molecule has 1 aromatic carbocycles. The number of rotatable bonds is 3. The van der Waals surface area contributed by atoms with E-state index >= 15 is 0 Å². The number of benzene rings is 1. The summed E-state index contributed by atoms with van der Waals surface area (Å²) in [5.74, 6) is -1.19. The van der Waals surface area contributed by atoms with E-state index < -0.39 is 11.9 Å².